The third kappa shape index (κ3) is 3.61. The minimum Gasteiger partial charge on any atom is -0.451 e. The Labute approximate surface area is 131 Å². The first-order valence-corrected chi connectivity index (χ1v) is 8.16. The molecule has 1 aromatic rings. The number of hydrogen-bond donors (Lipinski definition) is 1. The molecule has 0 amide bonds. The Morgan fingerprint density at radius 3 is 2.58 bits per heavy atom. The first-order valence-electron chi connectivity index (χ1n) is 6.58. The van der Waals surface area contributed by atoms with Gasteiger partial charge < -0.3 is 15.1 Å². The summed E-state index contributed by atoms with van der Waals surface area (Å²) in [5.74, 6) is 0.919. The van der Waals surface area contributed by atoms with E-state index in [0.717, 1.165) is 28.0 Å². The highest BCUT2D eigenvalue weighted by Gasteiger charge is 2.28. The fourth-order valence-electron chi connectivity index (χ4n) is 2.67. The first kappa shape index (κ1) is 15.5. The third-order valence-electron chi connectivity index (χ3n) is 3.97. The smallest absolute Gasteiger partial charge is 0.183 e. The predicted octanol–water partition coefficient (Wildman–Crippen LogP) is 2.83. The van der Waals surface area contributed by atoms with E-state index in [1.165, 1.54) is 12.8 Å². The molecule has 6 heteroatoms. The molecule has 1 saturated heterocycles. The molecule has 1 atom stereocenters. The maximum absolute atomic E-state index is 5.96. The van der Waals surface area contributed by atoms with Crippen LogP contribution in [0.25, 0.3) is 0 Å². The van der Waals surface area contributed by atoms with E-state index in [0.29, 0.717) is 12.6 Å². The topological polar surface area (TPSA) is 45.6 Å². The second-order valence-electron chi connectivity index (χ2n) is 5.22. The monoisotopic (exact) mass is 393 g/mol. The molecule has 0 aromatic carbocycles. The van der Waals surface area contributed by atoms with Crippen LogP contribution in [0, 0.1) is 0 Å². The second kappa shape index (κ2) is 6.72. The standard InChI is InChI=1S/C13H21Br2N3O/c1-17-5-3-9(4-6-17)18(2)11(8-16)12-7-10(14)13(15)19-12/h7,9,11H,3-6,8,16H2,1-2H3. The molecule has 1 aliphatic rings. The number of likely N-dealkylation sites (N-methyl/N-ethyl adjacent to an activating group) is 1. The highest BCUT2D eigenvalue weighted by Crippen LogP contribution is 2.33. The molecule has 2 heterocycles. The highest BCUT2D eigenvalue weighted by atomic mass is 79.9. The molecule has 1 fully saturated rings. The zero-order valence-electron chi connectivity index (χ0n) is 11.4. The van der Waals surface area contributed by atoms with E-state index in [-0.39, 0.29) is 6.04 Å². The lowest BCUT2D eigenvalue weighted by Crippen LogP contribution is -2.44. The van der Waals surface area contributed by atoms with Gasteiger partial charge in [0.1, 0.15) is 5.76 Å². The molecule has 1 aliphatic heterocycles. The molecule has 0 spiro atoms. The molecule has 0 radical (unpaired) electrons. The molecule has 1 aromatic heterocycles. The van der Waals surface area contributed by atoms with Gasteiger partial charge in [-0.15, -0.1) is 0 Å². The van der Waals surface area contributed by atoms with Gasteiger partial charge in [0.25, 0.3) is 0 Å². The maximum Gasteiger partial charge on any atom is 0.183 e. The van der Waals surface area contributed by atoms with Crippen molar-refractivity contribution in [3.05, 3.63) is 21.0 Å². The van der Waals surface area contributed by atoms with Crippen LogP contribution in [0.3, 0.4) is 0 Å². The number of halogens is 2. The van der Waals surface area contributed by atoms with E-state index in [1.54, 1.807) is 0 Å². The Morgan fingerprint density at radius 1 is 1.47 bits per heavy atom. The Morgan fingerprint density at radius 2 is 2.11 bits per heavy atom. The van der Waals surface area contributed by atoms with Gasteiger partial charge in [0, 0.05) is 12.6 Å². The van der Waals surface area contributed by atoms with E-state index in [4.69, 9.17) is 10.2 Å². The Hall–Kier alpha value is 0.120. The Kier molecular flexibility index (Phi) is 5.48. The van der Waals surface area contributed by atoms with Crippen molar-refractivity contribution < 1.29 is 4.42 Å². The van der Waals surface area contributed by atoms with Crippen LogP contribution in [0.4, 0.5) is 0 Å². The second-order valence-corrected chi connectivity index (χ2v) is 6.80. The van der Waals surface area contributed by atoms with Crippen LogP contribution < -0.4 is 5.73 Å². The molecule has 0 saturated carbocycles. The fourth-order valence-corrected chi connectivity index (χ4v) is 3.28. The zero-order chi connectivity index (χ0) is 14.0. The summed E-state index contributed by atoms with van der Waals surface area (Å²) in [6, 6.07) is 2.72. The normalized spacial score (nSPS) is 20.1. The van der Waals surface area contributed by atoms with Crippen LogP contribution >= 0.6 is 31.9 Å². The average molecular weight is 395 g/mol. The summed E-state index contributed by atoms with van der Waals surface area (Å²) < 4.78 is 7.41. The quantitative estimate of drug-likeness (QED) is 0.852. The Balaban J connectivity index is 2.08. The van der Waals surface area contributed by atoms with Gasteiger partial charge in [-0.05, 0) is 78.0 Å². The van der Waals surface area contributed by atoms with Crippen molar-refractivity contribution in [1.29, 1.82) is 0 Å². The number of nitrogens with two attached hydrogens (primary N) is 1. The molecular formula is C13H21Br2N3O. The molecular weight excluding hydrogens is 374 g/mol. The maximum atomic E-state index is 5.96. The van der Waals surface area contributed by atoms with Gasteiger partial charge in [-0.25, -0.2) is 0 Å². The molecule has 0 bridgehead atoms. The predicted molar refractivity (Wildman–Crippen MR) is 84.2 cm³/mol. The summed E-state index contributed by atoms with van der Waals surface area (Å²) in [4.78, 5) is 4.74. The third-order valence-corrected chi connectivity index (χ3v) is 5.68. The fraction of sp³-hybridized carbons (Fsp3) is 0.692. The summed E-state index contributed by atoms with van der Waals surface area (Å²) in [5, 5.41) is 0. The average Bonchev–Trinajstić information content (AvgIpc) is 2.71. The molecule has 4 nitrogen and oxygen atoms in total. The summed E-state index contributed by atoms with van der Waals surface area (Å²) in [5.41, 5.74) is 5.96. The van der Waals surface area contributed by atoms with E-state index in [1.807, 2.05) is 6.07 Å². The number of hydrogen-bond acceptors (Lipinski definition) is 4. The van der Waals surface area contributed by atoms with Gasteiger partial charge in [0.2, 0.25) is 0 Å². The Bertz CT molecular complexity index is 397. The number of nitrogens with zero attached hydrogens (tertiary/aromatic N) is 2. The lowest BCUT2D eigenvalue weighted by molar-refractivity contribution is 0.0993. The van der Waals surface area contributed by atoms with Crippen molar-refractivity contribution in [2.75, 3.05) is 33.7 Å². The van der Waals surface area contributed by atoms with E-state index in [2.05, 4.69) is 55.8 Å². The number of furan rings is 1. The van der Waals surface area contributed by atoms with Crippen LogP contribution in [0.1, 0.15) is 24.6 Å². The van der Waals surface area contributed by atoms with Crippen molar-refractivity contribution in [1.82, 2.24) is 9.80 Å². The minimum absolute atomic E-state index is 0.135. The van der Waals surface area contributed by atoms with E-state index < -0.39 is 0 Å². The SMILES string of the molecule is CN1CCC(N(C)C(CN)c2cc(Br)c(Br)o2)CC1. The van der Waals surface area contributed by atoms with E-state index >= 15 is 0 Å². The largest absolute Gasteiger partial charge is 0.451 e. The number of rotatable bonds is 4. The summed E-state index contributed by atoms with van der Waals surface area (Å²) >= 11 is 6.85. The van der Waals surface area contributed by atoms with Crippen LogP contribution in [0.2, 0.25) is 0 Å². The van der Waals surface area contributed by atoms with Crippen molar-refractivity contribution in [2.24, 2.45) is 5.73 Å². The van der Waals surface area contributed by atoms with Gasteiger partial charge in [0.15, 0.2) is 4.67 Å². The van der Waals surface area contributed by atoms with Crippen molar-refractivity contribution in [3.8, 4) is 0 Å². The van der Waals surface area contributed by atoms with Gasteiger partial charge >= 0.3 is 0 Å². The van der Waals surface area contributed by atoms with E-state index in [9.17, 15) is 0 Å². The molecule has 2 N–H and O–H groups in total. The molecule has 108 valence electrons. The number of likely N-dealkylation sites (tertiary alicyclic amines) is 1. The van der Waals surface area contributed by atoms with Gasteiger partial charge in [-0.3, -0.25) is 4.90 Å². The summed E-state index contributed by atoms with van der Waals surface area (Å²) in [6.45, 7) is 2.87. The van der Waals surface area contributed by atoms with Crippen LogP contribution in [-0.4, -0.2) is 49.6 Å². The molecule has 19 heavy (non-hydrogen) atoms. The minimum atomic E-state index is 0.135. The summed E-state index contributed by atoms with van der Waals surface area (Å²) in [6.07, 6.45) is 2.37. The lowest BCUT2D eigenvalue weighted by atomic mass is 10.0. The zero-order valence-corrected chi connectivity index (χ0v) is 14.6. The van der Waals surface area contributed by atoms with Gasteiger partial charge in [-0.2, -0.15) is 0 Å². The van der Waals surface area contributed by atoms with Crippen molar-refractivity contribution in [2.45, 2.75) is 24.9 Å². The van der Waals surface area contributed by atoms with Crippen LogP contribution in [-0.2, 0) is 0 Å². The van der Waals surface area contributed by atoms with Crippen LogP contribution in [0.5, 0.6) is 0 Å². The van der Waals surface area contributed by atoms with Crippen LogP contribution in [0.15, 0.2) is 19.6 Å². The molecule has 2 rings (SSSR count). The van der Waals surface area contributed by atoms with Crippen molar-refractivity contribution >= 4 is 31.9 Å². The lowest BCUT2D eigenvalue weighted by Gasteiger charge is -2.38. The number of piperidine rings is 1. The van der Waals surface area contributed by atoms with Gasteiger partial charge in [-0.1, -0.05) is 0 Å². The summed E-state index contributed by atoms with van der Waals surface area (Å²) in [7, 11) is 4.33. The first-order chi connectivity index (χ1) is 9.02. The van der Waals surface area contributed by atoms with Crippen molar-refractivity contribution in [3.63, 3.8) is 0 Å². The highest BCUT2D eigenvalue weighted by molar-refractivity contribution is 9.13. The molecule has 0 aliphatic carbocycles. The molecule has 1 unspecified atom stereocenters. The van der Waals surface area contributed by atoms with Gasteiger partial charge in [0.05, 0.1) is 10.5 Å².